The summed E-state index contributed by atoms with van der Waals surface area (Å²) in [5, 5.41) is 0. The Balaban J connectivity index is 1.47. The Bertz CT molecular complexity index is 1130. The molecule has 4 fully saturated rings. The predicted octanol–water partition coefficient (Wildman–Crippen LogP) is 1.46. The minimum atomic E-state index is -3.37. The molecule has 1 aliphatic carbocycles. The van der Waals surface area contributed by atoms with Gasteiger partial charge in [-0.1, -0.05) is 11.6 Å². The second kappa shape index (κ2) is 5.47. The van der Waals surface area contributed by atoms with Gasteiger partial charge in [0.1, 0.15) is 0 Å². The lowest BCUT2D eigenvalue weighted by Gasteiger charge is -2.58. The molecule has 0 radical (unpaired) electrons. The summed E-state index contributed by atoms with van der Waals surface area (Å²) in [4.78, 5) is 18.0. The smallest absolute Gasteiger partial charge is 0.229 e. The molecule has 1 saturated carbocycles. The van der Waals surface area contributed by atoms with Crippen LogP contribution in [0.25, 0.3) is 0 Å². The number of nitrogens with one attached hydrogen (secondary N) is 1. The van der Waals surface area contributed by atoms with Crippen LogP contribution in [0.3, 0.4) is 0 Å². The van der Waals surface area contributed by atoms with Crippen molar-refractivity contribution < 1.29 is 17.9 Å². The molecule has 5 heterocycles. The normalized spacial score (nSPS) is 40.7. The number of carbonyl (C=O) groups is 1. The maximum absolute atomic E-state index is 13.4. The van der Waals surface area contributed by atoms with Crippen LogP contribution in [0.5, 0.6) is 0 Å². The van der Waals surface area contributed by atoms with Gasteiger partial charge in [0, 0.05) is 35.3 Å². The number of fused-ring (bicyclic) bond motifs is 2. The van der Waals surface area contributed by atoms with E-state index in [0.29, 0.717) is 36.6 Å². The highest BCUT2D eigenvalue weighted by Crippen LogP contribution is 2.65. The van der Waals surface area contributed by atoms with E-state index in [0.717, 1.165) is 37.2 Å². The molecule has 0 aromatic heterocycles. The van der Waals surface area contributed by atoms with Gasteiger partial charge in [-0.3, -0.25) is 14.4 Å². The van der Waals surface area contributed by atoms with Crippen LogP contribution in [0, 0.1) is 11.8 Å². The number of anilines is 2. The quantitative estimate of drug-likeness (QED) is 0.723. The third kappa shape index (κ3) is 2.03. The largest absolute Gasteiger partial charge is 0.373 e. The van der Waals surface area contributed by atoms with Crippen LogP contribution in [-0.2, 0) is 25.0 Å². The lowest BCUT2D eigenvalue weighted by Crippen LogP contribution is -2.69. The van der Waals surface area contributed by atoms with Gasteiger partial charge in [-0.2, -0.15) is 0 Å². The number of ether oxygens (including phenoxy) is 1. The molecule has 7 nitrogen and oxygen atoms in total. The Morgan fingerprint density at radius 3 is 3.00 bits per heavy atom. The Hall–Kier alpha value is -1.90. The molecule has 5 aliphatic heterocycles. The maximum Gasteiger partial charge on any atom is 0.229 e. The summed E-state index contributed by atoms with van der Waals surface area (Å²) in [6, 6.07) is 6.24. The van der Waals surface area contributed by atoms with Crippen molar-refractivity contribution in [1.29, 1.82) is 0 Å². The number of carbonyl (C=O) groups excluding carboxylic acids is 1. The van der Waals surface area contributed by atoms with Gasteiger partial charge in [0.15, 0.2) is 0 Å². The van der Waals surface area contributed by atoms with Crippen LogP contribution < -0.4 is 9.62 Å². The molecular formula is C22H25N3O4S. The van der Waals surface area contributed by atoms with Gasteiger partial charge < -0.3 is 9.64 Å². The van der Waals surface area contributed by atoms with E-state index >= 15 is 0 Å². The summed E-state index contributed by atoms with van der Waals surface area (Å²) in [6.45, 7) is 2.63. The number of rotatable bonds is 2. The number of benzene rings is 1. The van der Waals surface area contributed by atoms with Gasteiger partial charge in [0.2, 0.25) is 15.9 Å². The fourth-order valence-electron chi connectivity index (χ4n) is 7.83. The molecule has 158 valence electrons. The summed E-state index contributed by atoms with van der Waals surface area (Å²) in [5.74, 6) is 0.935. The van der Waals surface area contributed by atoms with E-state index in [1.165, 1.54) is 11.8 Å². The molecule has 3 saturated heterocycles. The highest BCUT2D eigenvalue weighted by atomic mass is 32.2. The molecule has 30 heavy (non-hydrogen) atoms. The molecule has 1 aromatic rings. The molecule has 6 atom stereocenters. The Morgan fingerprint density at radius 2 is 2.17 bits per heavy atom. The van der Waals surface area contributed by atoms with Gasteiger partial charge in [-0.05, 0) is 49.1 Å². The number of hydrogen-bond donors (Lipinski definition) is 1. The van der Waals surface area contributed by atoms with E-state index in [4.69, 9.17) is 4.74 Å². The van der Waals surface area contributed by atoms with Crippen molar-refractivity contribution in [1.82, 2.24) is 4.90 Å². The molecule has 6 aliphatic rings. The van der Waals surface area contributed by atoms with Crippen molar-refractivity contribution in [3.05, 3.63) is 35.4 Å². The number of hydrogen-bond acceptors (Lipinski definition) is 5. The fraction of sp³-hybridized carbons (Fsp3) is 0.591. The molecule has 1 unspecified atom stereocenters. The first-order valence-corrected chi connectivity index (χ1v) is 12.7. The first kappa shape index (κ1) is 17.7. The molecule has 2 bridgehead atoms. The summed E-state index contributed by atoms with van der Waals surface area (Å²) in [6.07, 6.45) is 5.98. The molecule has 1 N–H and O–H groups in total. The van der Waals surface area contributed by atoms with Gasteiger partial charge in [-0.15, -0.1) is 0 Å². The van der Waals surface area contributed by atoms with Crippen LogP contribution in [-0.4, -0.2) is 63.4 Å². The van der Waals surface area contributed by atoms with Crippen molar-refractivity contribution >= 4 is 27.3 Å². The number of nitrogens with zero attached hydrogens (tertiary/aromatic N) is 2. The first-order chi connectivity index (χ1) is 14.4. The fourth-order valence-corrected chi connectivity index (χ4v) is 8.38. The van der Waals surface area contributed by atoms with Crippen molar-refractivity contribution in [2.24, 2.45) is 11.8 Å². The van der Waals surface area contributed by atoms with Crippen LogP contribution in [0.2, 0.25) is 0 Å². The average molecular weight is 428 g/mol. The van der Waals surface area contributed by atoms with E-state index in [9.17, 15) is 13.2 Å². The Morgan fingerprint density at radius 1 is 1.30 bits per heavy atom. The van der Waals surface area contributed by atoms with Gasteiger partial charge >= 0.3 is 0 Å². The minimum Gasteiger partial charge on any atom is -0.373 e. The summed E-state index contributed by atoms with van der Waals surface area (Å²) >= 11 is 0. The lowest BCUT2D eigenvalue weighted by atomic mass is 9.53. The lowest BCUT2D eigenvalue weighted by molar-refractivity contribution is -0.132. The van der Waals surface area contributed by atoms with E-state index in [1.807, 2.05) is 12.1 Å². The molecule has 1 spiro atoms. The van der Waals surface area contributed by atoms with E-state index < -0.39 is 10.0 Å². The third-order valence-corrected chi connectivity index (χ3v) is 9.22. The van der Waals surface area contributed by atoms with Gasteiger partial charge in [-0.25, -0.2) is 8.42 Å². The van der Waals surface area contributed by atoms with Crippen molar-refractivity contribution in [2.75, 3.05) is 35.6 Å². The van der Waals surface area contributed by atoms with Crippen LogP contribution in [0.1, 0.15) is 24.8 Å². The Kier molecular flexibility index (Phi) is 3.24. The summed E-state index contributed by atoms with van der Waals surface area (Å²) in [7, 11) is -3.37. The summed E-state index contributed by atoms with van der Waals surface area (Å²) in [5.41, 5.74) is 4.08. The SMILES string of the molecule is CS(=O)(=O)Nc1ccc2c(c1)C13CCN4CC5=CCO[C@H]6CC(=O)N2[C@H]1[C@H]6[C@H]5C[C@H]43. The molecule has 8 heteroatoms. The Labute approximate surface area is 176 Å². The molecule has 7 rings (SSSR count). The zero-order valence-corrected chi connectivity index (χ0v) is 17.7. The predicted molar refractivity (Wildman–Crippen MR) is 112 cm³/mol. The van der Waals surface area contributed by atoms with Crippen molar-refractivity contribution in [3.63, 3.8) is 0 Å². The highest BCUT2D eigenvalue weighted by Gasteiger charge is 2.71. The maximum atomic E-state index is 13.4. The number of sulfonamides is 1. The minimum absolute atomic E-state index is 0.0228. The molecule has 1 amide bonds. The van der Waals surface area contributed by atoms with Crippen LogP contribution >= 0.6 is 0 Å². The van der Waals surface area contributed by atoms with E-state index in [-0.39, 0.29) is 23.5 Å². The molecule has 1 aromatic carbocycles. The van der Waals surface area contributed by atoms with E-state index in [2.05, 4.69) is 20.6 Å². The zero-order chi connectivity index (χ0) is 20.4. The number of amides is 1. The number of piperidine rings is 2. The van der Waals surface area contributed by atoms with Crippen LogP contribution in [0.15, 0.2) is 29.8 Å². The topological polar surface area (TPSA) is 79.0 Å². The van der Waals surface area contributed by atoms with Crippen LogP contribution in [0.4, 0.5) is 11.4 Å². The zero-order valence-electron chi connectivity index (χ0n) is 16.9. The summed E-state index contributed by atoms with van der Waals surface area (Å²) < 4.78 is 32.6. The van der Waals surface area contributed by atoms with E-state index in [1.54, 1.807) is 6.07 Å². The van der Waals surface area contributed by atoms with Gasteiger partial charge in [0.25, 0.3) is 0 Å². The van der Waals surface area contributed by atoms with Gasteiger partial charge in [0.05, 0.1) is 31.4 Å². The first-order valence-electron chi connectivity index (χ1n) is 10.9. The standard InChI is InChI=1S/C22H25N3O4S/c1-30(27,28)23-13-2-3-16-15(8-13)22-5-6-24-11-12-4-7-29-17-10-19(26)25(16)21(22)20(17)14(12)9-18(22)24/h2-4,8,14,17-18,20-21,23H,5-7,9-11H2,1H3/t14-,17-,18-,20-,21-,22?/m0/s1. The second-order valence-electron chi connectivity index (χ2n) is 9.87. The highest BCUT2D eigenvalue weighted by molar-refractivity contribution is 7.92. The average Bonchev–Trinajstić information content (AvgIpc) is 3.14. The third-order valence-electron chi connectivity index (χ3n) is 8.61. The van der Waals surface area contributed by atoms with Crippen molar-refractivity contribution in [2.45, 2.75) is 42.9 Å². The molecular weight excluding hydrogens is 402 g/mol. The second-order valence-corrected chi connectivity index (χ2v) is 11.6. The monoisotopic (exact) mass is 427 g/mol. The van der Waals surface area contributed by atoms with Crippen molar-refractivity contribution in [3.8, 4) is 0 Å².